The van der Waals surface area contributed by atoms with Gasteiger partial charge in [0.1, 0.15) is 11.6 Å². The van der Waals surface area contributed by atoms with Gasteiger partial charge < -0.3 is 15.9 Å². The van der Waals surface area contributed by atoms with Gasteiger partial charge in [-0.2, -0.15) is 0 Å². The van der Waals surface area contributed by atoms with Gasteiger partial charge in [0.2, 0.25) is 5.91 Å². The molecule has 0 aliphatic heterocycles. The van der Waals surface area contributed by atoms with Gasteiger partial charge in [-0.15, -0.1) is 11.3 Å². The number of oxime groups is 1. The van der Waals surface area contributed by atoms with Gasteiger partial charge in [-0.3, -0.25) is 9.59 Å². The minimum atomic E-state index is -0.509. The zero-order valence-corrected chi connectivity index (χ0v) is 15.7. The van der Waals surface area contributed by atoms with Crippen molar-refractivity contribution in [1.82, 2.24) is 0 Å². The van der Waals surface area contributed by atoms with Gasteiger partial charge >= 0.3 is 0 Å². The summed E-state index contributed by atoms with van der Waals surface area (Å²) in [5.41, 5.74) is 8.78. The summed E-state index contributed by atoms with van der Waals surface area (Å²) in [7, 11) is 0. The number of carbonyl (C=O) groups is 2. The van der Waals surface area contributed by atoms with Gasteiger partial charge in [-0.25, -0.2) is 0 Å². The number of nitrogens with zero attached hydrogens (tertiary/aromatic N) is 1. The maximum Gasteiger partial charge on any atom is 0.252 e. The largest absolute Gasteiger partial charge is 0.391 e. The normalized spacial score (nSPS) is 17.4. The van der Waals surface area contributed by atoms with Gasteiger partial charge in [0, 0.05) is 5.92 Å². The summed E-state index contributed by atoms with van der Waals surface area (Å²) in [6, 6.07) is 9.83. The smallest absolute Gasteiger partial charge is 0.252 e. The third-order valence-corrected chi connectivity index (χ3v) is 5.99. The van der Waals surface area contributed by atoms with Crippen LogP contribution < -0.4 is 11.1 Å². The number of thiophene rings is 1. The maximum absolute atomic E-state index is 12.2. The Morgan fingerprint density at radius 2 is 2.00 bits per heavy atom. The molecule has 0 atom stereocenters. The first-order valence-corrected chi connectivity index (χ1v) is 9.94. The lowest BCUT2D eigenvalue weighted by Crippen LogP contribution is -2.20. The minimum Gasteiger partial charge on any atom is -0.391 e. The molecule has 1 aromatic heterocycles. The molecule has 6 nitrogen and oxygen atoms in total. The van der Waals surface area contributed by atoms with Crippen LogP contribution in [-0.2, 0) is 22.7 Å². The van der Waals surface area contributed by atoms with E-state index in [0.29, 0.717) is 17.2 Å². The third-order valence-electron chi connectivity index (χ3n) is 4.79. The molecule has 0 unspecified atom stereocenters. The number of nitrogens with one attached hydrogen (secondary N) is 1. The first-order valence-electron chi connectivity index (χ1n) is 9.13. The summed E-state index contributed by atoms with van der Waals surface area (Å²) < 4.78 is 0. The Bertz CT molecular complexity index is 901. The van der Waals surface area contributed by atoms with Crippen LogP contribution in [0.15, 0.2) is 35.5 Å². The number of benzene rings is 1. The lowest BCUT2D eigenvalue weighted by Gasteiger charge is -2.14. The molecule has 0 saturated heterocycles. The number of fused-ring (bicyclic) bond motifs is 1. The number of carbonyl (C=O) groups excluding carboxylic acids is 2. The van der Waals surface area contributed by atoms with Crippen LogP contribution in [-0.4, -0.2) is 17.5 Å². The number of nitrogens with two attached hydrogens (primary N) is 1. The average molecular weight is 383 g/mol. The Hall–Kier alpha value is -2.67. The number of amides is 2. The molecule has 7 heteroatoms. The predicted octanol–water partition coefficient (Wildman–Crippen LogP) is 3.45. The van der Waals surface area contributed by atoms with Crippen LogP contribution >= 0.6 is 11.3 Å². The number of anilines is 1. The average Bonchev–Trinajstić information content (AvgIpc) is 3.44. The molecule has 2 aliphatic rings. The van der Waals surface area contributed by atoms with Crippen LogP contribution in [0.1, 0.15) is 52.0 Å². The van der Waals surface area contributed by atoms with E-state index < -0.39 is 5.91 Å². The van der Waals surface area contributed by atoms with Crippen LogP contribution in [0.3, 0.4) is 0 Å². The van der Waals surface area contributed by atoms with Crippen molar-refractivity contribution in [2.75, 3.05) is 5.32 Å². The van der Waals surface area contributed by atoms with Crippen molar-refractivity contribution in [3.8, 4) is 0 Å². The number of rotatable bonds is 6. The Balaban J connectivity index is 1.58. The highest BCUT2D eigenvalue weighted by Gasteiger charge is 2.33. The topological polar surface area (TPSA) is 93.8 Å². The van der Waals surface area contributed by atoms with Crippen molar-refractivity contribution in [2.45, 2.75) is 38.7 Å². The van der Waals surface area contributed by atoms with E-state index in [0.717, 1.165) is 53.8 Å². The summed E-state index contributed by atoms with van der Waals surface area (Å²) in [5, 5.41) is 7.76. The summed E-state index contributed by atoms with van der Waals surface area (Å²) in [6.07, 6.45) is 4.21. The highest BCUT2D eigenvalue weighted by molar-refractivity contribution is 7.19. The highest BCUT2D eigenvalue weighted by Crippen LogP contribution is 2.39. The number of hydrogen-bond donors (Lipinski definition) is 2. The molecule has 0 radical (unpaired) electrons. The summed E-state index contributed by atoms with van der Waals surface area (Å²) in [5.74, 6) is -0.479. The molecule has 1 aromatic carbocycles. The van der Waals surface area contributed by atoms with Crippen molar-refractivity contribution in [3.63, 3.8) is 0 Å². The molecule has 2 aliphatic carbocycles. The molecule has 1 heterocycles. The van der Waals surface area contributed by atoms with Crippen molar-refractivity contribution in [1.29, 1.82) is 0 Å². The van der Waals surface area contributed by atoms with Crippen LogP contribution in [0.2, 0.25) is 0 Å². The molecule has 1 fully saturated rings. The van der Waals surface area contributed by atoms with E-state index in [2.05, 4.69) is 10.5 Å². The van der Waals surface area contributed by atoms with Gasteiger partial charge in [0.25, 0.3) is 5.91 Å². The fourth-order valence-corrected chi connectivity index (χ4v) is 4.50. The van der Waals surface area contributed by atoms with Gasteiger partial charge in [0.15, 0.2) is 0 Å². The van der Waals surface area contributed by atoms with Gasteiger partial charge in [-0.1, -0.05) is 35.5 Å². The monoisotopic (exact) mass is 383 g/mol. The Labute approximate surface area is 161 Å². The fourth-order valence-electron chi connectivity index (χ4n) is 3.24. The van der Waals surface area contributed by atoms with E-state index in [4.69, 9.17) is 10.6 Å². The molecule has 140 valence electrons. The second kappa shape index (κ2) is 7.52. The van der Waals surface area contributed by atoms with Crippen molar-refractivity contribution in [3.05, 3.63) is 51.9 Å². The lowest BCUT2D eigenvalue weighted by molar-refractivity contribution is -0.117. The highest BCUT2D eigenvalue weighted by atomic mass is 32.1. The molecule has 4 rings (SSSR count). The van der Waals surface area contributed by atoms with E-state index in [1.54, 1.807) is 0 Å². The van der Waals surface area contributed by atoms with E-state index in [-0.39, 0.29) is 11.8 Å². The summed E-state index contributed by atoms with van der Waals surface area (Å²) >= 11 is 1.37. The van der Waals surface area contributed by atoms with Crippen LogP contribution in [0, 0.1) is 5.92 Å². The Morgan fingerprint density at radius 3 is 2.70 bits per heavy atom. The van der Waals surface area contributed by atoms with Gasteiger partial charge in [0.05, 0.1) is 16.2 Å². The zero-order chi connectivity index (χ0) is 18.8. The SMILES string of the molecule is NC(=O)c1c(NC(=O)C2CC2)sc2c1CCC/C2=N/OCc1ccccc1. The first-order chi connectivity index (χ1) is 13.1. The van der Waals surface area contributed by atoms with Crippen molar-refractivity contribution < 1.29 is 14.4 Å². The second-order valence-electron chi connectivity index (χ2n) is 6.89. The lowest BCUT2D eigenvalue weighted by atomic mass is 9.94. The quantitative estimate of drug-likeness (QED) is 0.748. The number of hydrogen-bond acceptors (Lipinski definition) is 5. The van der Waals surface area contributed by atoms with E-state index in [1.807, 2.05) is 30.3 Å². The molecule has 1 saturated carbocycles. The predicted molar refractivity (Wildman–Crippen MR) is 105 cm³/mol. The zero-order valence-electron chi connectivity index (χ0n) is 14.9. The van der Waals surface area contributed by atoms with Crippen molar-refractivity contribution >= 4 is 33.9 Å². The Kier molecular flexibility index (Phi) is 4.94. The molecule has 2 amide bonds. The molecular weight excluding hydrogens is 362 g/mol. The van der Waals surface area contributed by atoms with Gasteiger partial charge in [-0.05, 0) is 43.2 Å². The Morgan fingerprint density at radius 1 is 1.22 bits per heavy atom. The fraction of sp³-hybridized carbons (Fsp3) is 0.350. The summed E-state index contributed by atoms with van der Waals surface area (Å²) in [6.45, 7) is 0.388. The first kappa shape index (κ1) is 17.7. The molecule has 27 heavy (non-hydrogen) atoms. The third kappa shape index (κ3) is 3.88. The van der Waals surface area contributed by atoms with E-state index >= 15 is 0 Å². The molecule has 2 aromatic rings. The standard InChI is InChI=1S/C20H21N3O3S/c21-18(24)16-14-7-4-8-15(23-26-11-12-5-2-1-3-6-12)17(14)27-20(16)22-19(25)13-9-10-13/h1-3,5-6,13H,4,7-11H2,(H2,21,24)(H,22,25)/b23-15-. The number of primary amides is 1. The molecule has 3 N–H and O–H groups in total. The maximum atomic E-state index is 12.2. The molecular formula is C20H21N3O3S. The van der Waals surface area contributed by atoms with Crippen molar-refractivity contribution in [2.24, 2.45) is 16.8 Å². The molecule has 0 spiro atoms. The van der Waals surface area contributed by atoms with Crippen LogP contribution in [0.5, 0.6) is 0 Å². The molecule has 0 bridgehead atoms. The van der Waals surface area contributed by atoms with E-state index in [9.17, 15) is 9.59 Å². The van der Waals surface area contributed by atoms with E-state index in [1.165, 1.54) is 11.3 Å². The van der Waals surface area contributed by atoms with Crippen LogP contribution in [0.25, 0.3) is 0 Å². The minimum absolute atomic E-state index is 0.0325. The summed E-state index contributed by atoms with van der Waals surface area (Å²) in [4.78, 5) is 30.6. The second-order valence-corrected chi connectivity index (χ2v) is 7.91. The van der Waals surface area contributed by atoms with Crippen LogP contribution in [0.4, 0.5) is 5.00 Å².